The first-order chi connectivity index (χ1) is 9.69. The van der Waals surface area contributed by atoms with E-state index in [2.05, 4.69) is 39.5 Å². The van der Waals surface area contributed by atoms with Gasteiger partial charge in [-0.05, 0) is 32.9 Å². The van der Waals surface area contributed by atoms with E-state index >= 15 is 0 Å². The van der Waals surface area contributed by atoms with Gasteiger partial charge in [-0.3, -0.25) is 9.78 Å². The van der Waals surface area contributed by atoms with Crippen molar-refractivity contribution in [1.29, 1.82) is 0 Å². The van der Waals surface area contributed by atoms with Gasteiger partial charge in [-0.2, -0.15) is 0 Å². The van der Waals surface area contributed by atoms with E-state index < -0.39 is 0 Å². The lowest BCUT2D eigenvalue weighted by atomic mass is 10.1. The van der Waals surface area contributed by atoms with Gasteiger partial charge in [-0.1, -0.05) is 6.92 Å². The molecular formula is C14H23N5O. The second-order valence-corrected chi connectivity index (χ2v) is 5.29. The van der Waals surface area contributed by atoms with Gasteiger partial charge in [0, 0.05) is 19.1 Å². The molecule has 1 unspecified atom stereocenters. The maximum absolute atomic E-state index is 12.2. The predicted molar refractivity (Wildman–Crippen MR) is 78.8 cm³/mol. The topological polar surface area (TPSA) is 70.2 Å². The Bertz CT molecular complexity index is 451. The van der Waals surface area contributed by atoms with Gasteiger partial charge < -0.3 is 15.5 Å². The molecule has 1 fully saturated rings. The van der Waals surface area contributed by atoms with Crippen LogP contribution in [0.1, 0.15) is 36.7 Å². The molecule has 1 saturated heterocycles. The highest BCUT2D eigenvalue weighted by molar-refractivity contribution is 5.92. The molecular weight excluding hydrogens is 254 g/mol. The van der Waals surface area contributed by atoms with Crippen LogP contribution in [-0.4, -0.2) is 53.5 Å². The quantitative estimate of drug-likeness (QED) is 0.844. The average molecular weight is 277 g/mol. The lowest BCUT2D eigenvalue weighted by Gasteiger charge is -2.30. The summed E-state index contributed by atoms with van der Waals surface area (Å²) in [5, 5.41) is 6.18. The Kier molecular flexibility index (Phi) is 5.29. The highest BCUT2D eigenvalue weighted by atomic mass is 16.2. The van der Waals surface area contributed by atoms with E-state index in [1.165, 1.54) is 6.20 Å². The van der Waals surface area contributed by atoms with E-state index in [0.29, 0.717) is 11.5 Å². The van der Waals surface area contributed by atoms with E-state index in [0.717, 1.165) is 38.9 Å². The third-order valence-corrected chi connectivity index (χ3v) is 3.38. The zero-order valence-corrected chi connectivity index (χ0v) is 12.2. The van der Waals surface area contributed by atoms with Crippen molar-refractivity contribution in [2.45, 2.75) is 32.2 Å². The van der Waals surface area contributed by atoms with Crippen molar-refractivity contribution >= 4 is 11.7 Å². The molecule has 1 aliphatic heterocycles. The normalized spacial score (nSPS) is 19.6. The Hall–Kier alpha value is -1.69. The molecule has 0 spiro atoms. The zero-order chi connectivity index (χ0) is 14.4. The largest absolute Gasteiger partial charge is 0.369 e. The number of amides is 1. The number of carbonyl (C=O) groups excluding carboxylic acids is 1. The van der Waals surface area contributed by atoms with Gasteiger partial charge in [0.25, 0.3) is 5.91 Å². The fourth-order valence-electron chi connectivity index (χ4n) is 2.36. The molecule has 0 radical (unpaired) electrons. The summed E-state index contributed by atoms with van der Waals surface area (Å²) in [6.45, 7) is 4.90. The van der Waals surface area contributed by atoms with Crippen LogP contribution in [0.3, 0.4) is 0 Å². The predicted octanol–water partition coefficient (Wildman–Crippen LogP) is 1.12. The van der Waals surface area contributed by atoms with Crippen LogP contribution < -0.4 is 10.6 Å². The van der Waals surface area contributed by atoms with Gasteiger partial charge in [0.05, 0.1) is 12.4 Å². The molecule has 6 nitrogen and oxygen atoms in total. The Labute approximate surface area is 120 Å². The van der Waals surface area contributed by atoms with E-state index in [-0.39, 0.29) is 11.9 Å². The van der Waals surface area contributed by atoms with Crippen LogP contribution in [-0.2, 0) is 0 Å². The number of nitrogens with one attached hydrogen (secondary N) is 2. The van der Waals surface area contributed by atoms with Crippen LogP contribution in [0, 0.1) is 0 Å². The van der Waals surface area contributed by atoms with Crippen molar-refractivity contribution in [2.75, 3.05) is 32.0 Å². The number of nitrogens with zero attached hydrogens (tertiary/aromatic N) is 3. The molecule has 2 heterocycles. The summed E-state index contributed by atoms with van der Waals surface area (Å²) in [6, 6.07) is 0.204. The second-order valence-electron chi connectivity index (χ2n) is 5.29. The summed E-state index contributed by atoms with van der Waals surface area (Å²) in [6.07, 6.45) is 6.30. The number of hydrogen-bond donors (Lipinski definition) is 2. The first kappa shape index (κ1) is 14.7. The lowest BCUT2D eigenvalue weighted by Crippen LogP contribution is -2.46. The molecule has 0 aromatic carbocycles. The number of carbonyl (C=O) groups is 1. The molecule has 2 rings (SSSR count). The standard InChI is InChI=1S/C14H23N5O/c1-3-6-16-13-9-15-8-12(18-13)14(20)17-11-5-4-7-19(2)10-11/h8-9,11H,3-7,10H2,1-2H3,(H,16,18)(H,17,20). The summed E-state index contributed by atoms with van der Waals surface area (Å²) in [4.78, 5) is 22.8. The Balaban J connectivity index is 1.94. The first-order valence-corrected chi connectivity index (χ1v) is 7.24. The van der Waals surface area contributed by atoms with Gasteiger partial charge in [0.2, 0.25) is 0 Å². The molecule has 110 valence electrons. The number of rotatable bonds is 5. The minimum atomic E-state index is -0.141. The fraction of sp³-hybridized carbons (Fsp3) is 0.643. The Morgan fingerprint density at radius 2 is 2.35 bits per heavy atom. The summed E-state index contributed by atoms with van der Waals surface area (Å²) in [5.41, 5.74) is 0.374. The van der Waals surface area contributed by atoms with Crippen LogP contribution in [0.5, 0.6) is 0 Å². The number of aromatic nitrogens is 2. The number of anilines is 1. The third kappa shape index (κ3) is 4.16. The van der Waals surface area contributed by atoms with Gasteiger partial charge >= 0.3 is 0 Å². The maximum Gasteiger partial charge on any atom is 0.271 e. The number of likely N-dealkylation sites (N-methyl/N-ethyl adjacent to an activating group) is 1. The molecule has 0 saturated carbocycles. The average Bonchev–Trinajstić information content (AvgIpc) is 2.45. The van der Waals surface area contributed by atoms with Crippen molar-refractivity contribution in [1.82, 2.24) is 20.2 Å². The molecule has 2 N–H and O–H groups in total. The van der Waals surface area contributed by atoms with Gasteiger partial charge in [0.1, 0.15) is 11.5 Å². The summed E-state index contributed by atoms with van der Waals surface area (Å²) < 4.78 is 0. The molecule has 1 aliphatic rings. The van der Waals surface area contributed by atoms with Gasteiger partial charge in [-0.25, -0.2) is 4.98 Å². The third-order valence-electron chi connectivity index (χ3n) is 3.38. The van der Waals surface area contributed by atoms with Crippen molar-refractivity contribution in [3.05, 3.63) is 18.1 Å². The fourth-order valence-corrected chi connectivity index (χ4v) is 2.36. The summed E-state index contributed by atoms with van der Waals surface area (Å²) in [7, 11) is 2.08. The van der Waals surface area contributed by atoms with Crippen molar-refractivity contribution in [2.24, 2.45) is 0 Å². The molecule has 1 amide bonds. The molecule has 6 heteroatoms. The zero-order valence-electron chi connectivity index (χ0n) is 12.2. The van der Waals surface area contributed by atoms with Crippen molar-refractivity contribution in [3.8, 4) is 0 Å². The Morgan fingerprint density at radius 1 is 1.50 bits per heavy atom. The minimum absolute atomic E-state index is 0.141. The highest BCUT2D eigenvalue weighted by Gasteiger charge is 2.20. The molecule has 1 aromatic heterocycles. The Morgan fingerprint density at radius 3 is 3.10 bits per heavy atom. The van der Waals surface area contributed by atoms with Crippen LogP contribution in [0.25, 0.3) is 0 Å². The number of piperidine rings is 1. The van der Waals surface area contributed by atoms with Gasteiger partial charge in [0.15, 0.2) is 0 Å². The highest BCUT2D eigenvalue weighted by Crippen LogP contribution is 2.09. The van der Waals surface area contributed by atoms with Gasteiger partial charge in [-0.15, -0.1) is 0 Å². The lowest BCUT2D eigenvalue weighted by molar-refractivity contribution is 0.0907. The second kappa shape index (κ2) is 7.19. The van der Waals surface area contributed by atoms with Crippen LogP contribution in [0.4, 0.5) is 5.82 Å². The number of hydrogen-bond acceptors (Lipinski definition) is 5. The first-order valence-electron chi connectivity index (χ1n) is 7.24. The van der Waals surface area contributed by atoms with Crippen LogP contribution in [0.15, 0.2) is 12.4 Å². The molecule has 0 bridgehead atoms. The monoisotopic (exact) mass is 277 g/mol. The molecule has 1 aromatic rings. The van der Waals surface area contributed by atoms with E-state index in [1.54, 1.807) is 6.20 Å². The molecule has 0 aliphatic carbocycles. The molecule has 1 atom stereocenters. The van der Waals surface area contributed by atoms with Crippen LogP contribution in [0.2, 0.25) is 0 Å². The van der Waals surface area contributed by atoms with Crippen LogP contribution >= 0.6 is 0 Å². The summed E-state index contributed by atoms with van der Waals surface area (Å²) in [5.74, 6) is 0.512. The van der Waals surface area contributed by atoms with E-state index in [1.807, 2.05) is 0 Å². The van der Waals surface area contributed by atoms with Crippen molar-refractivity contribution in [3.63, 3.8) is 0 Å². The van der Waals surface area contributed by atoms with E-state index in [4.69, 9.17) is 0 Å². The smallest absolute Gasteiger partial charge is 0.271 e. The van der Waals surface area contributed by atoms with E-state index in [9.17, 15) is 4.79 Å². The minimum Gasteiger partial charge on any atom is -0.369 e. The maximum atomic E-state index is 12.2. The molecule has 20 heavy (non-hydrogen) atoms. The number of likely N-dealkylation sites (tertiary alicyclic amines) is 1. The van der Waals surface area contributed by atoms with Crippen molar-refractivity contribution < 1.29 is 4.79 Å². The SMILES string of the molecule is CCCNc1cncc(C(=O)NC2CCCN(C)C2)n1. The summed E-state index contributed by atoms with van der Waals surface area (Å²) >= 11 is 0.